The normalized spacial score (nSPS) is 14.7. The summed E-state index contributed by atoms with van der Waals surface area (Å²) >= 11 is 0. The van der Waals surface area contributed by atoms with Crippen molar-refractivity contribution in [3.63, 3.8) is 0 Å². The summed E-state index contributed by atoms with van der Waals surface area (Å²) in [6.45, 7) is 2.29. The molecule has 1 N–H and O–H groups in total. The summed E-state index contributed by atoms with van der Waals surface area (Å²) in [5, 5.41) is 0. The minimum atomic E-state index is -0.0108. The highest BCUT2D eigenvalue weighted by atomic mass is 16.2. The summed E-state index contributed by atoms with van der Waals surface area (Å²) in [4.78, 5) is 34.8. The molecule has 2 aromatic carbocycles. The summed E-state index contributed by atoms with van der Waals surface area (Å²) in [5.41, 5.74) is 3.32. The van der Waals surface area contributed by atoms with E-state index >= 15 is 0 Å². The van der Waals surface area contributed by atoms with Crippen LogP contribution in [-0.4, -0.2) is 58.3 Å². The van der Waals surface area contributed by atoms with E-state index in [2.05, 4.69) is 9.97 Å². The number of aromatic amines is 1. The zero-order chi connectivity index (χ0) is 17.2. The molecule has 2 amide bonds. The molecular weight excluding hydrogens is 316 g/mol. The van der Waals surface area contributed by atoms with Crippen molar-refractivity contribution in [1.29, 1.82) is 0 Å². The largest absolute Gasteiger partial charge is 0.342 e. The minimum Gasteiger partial charge on any atom is -0.342 e. The first-order valence-corrected chi connectivity index (χ1v) is 8.28. The first kappa shape index (κ1) is 15.4. The number of nitrogens with zero attached hydrogens (tertiary/aromatic N) is 3. The van der Waals surface area contributed by atoms with E-state index in [1.165, 1.54) is 0 Å². The first-order chi connectivity index (χ1) is 12.2. The van der Waals surface area contributed by atoms with Crippen molar-refractivity contribution < 1.29 is 9.59 Å². The van der Waals surface area contributed by atoms with Gasteiger partial charge in [-0.15, -0.1) is 0 Å². The highest BCUT2D eigenvalue weighted by molar-refractivity contribution is 5.97. The van der Waals surface area contributed by atoms with Gasteiger partial charge in [0.1, 0.15) is 5.82 Å². The minimum absolute atomic E-state index is 0.0108. The van der Waals surface area contributed by atoms with E-state index < -0.39 is 0 Å². The van der Waals surface area contributed by atoms with Gasteiger partial charge in [-0.3, -0.25) is 9.59 Å². The SMILES string of the molecule is O=CN1CCN(C(=O)c2ccc3nc(-c4ccccc4)[nH]c3c2)CC1. The fraction of sp³-hybridized carbons (Fsp3) is 0.211. The molecule has 0 saturated carbocycles. The van der Waals surface area contributed by atoms with Gasteiger partial charge in [-0.1, -0.05) is 30.3 Å². The molecule has 0 aliphatic carbocycles. The third-order valence-electron chi connectivity index (χ3n) is 4.53. The summed E-state index contributed by atoms with van der Waals surface area (Å²) in [6, 6.07) is 15.4. The van der Waals surface area contributed by atoms with E-state index in [1.807, 2.05) is 48.5 Å². The molecule has 1 aromatic heterocycles. The number of fused-ring (bicyclic) bond motifs is 1. The van der Waals surface area contributed by atoms with Gasteiger partial charge in [0, 0.05) is 37.3 Å². The highest BCUT2D eigenvalue weighted by Crippen LogP contribution is 2.21. The van der Waals surface area contributed by atoms with E-state index in [0.29, 0.717) is 31.7 Å². The topological polar surface area (TPSA) is 69.3 Å². The molecule has 6 heteroatoms. The van der Waals surface area contributed by atoms with Crippen LogP contribution in [-0.2, 0) is 4.79 Å². The molecule has 126 valence electrons. The van der Waals surface area contributed by atoms with Crippen LogP contribution in [0.15, 0.2) is 48.5 Å². The Morgan fingerprint density at radius 2 is 1.80 bits per heavy atom. The van der Waals surface area contributed by atoms with Gasteiger partial charge in [-0.05, 0) is 18.2 Å². The van der Waals surface area contributed by atoms with Gasteiger partial charge in [0.25, 0.3) is 5.91 Å². The zero-order valence-corrected chi connectivity index (χ0v) is 13.7. The second-order valence-corrected chi connectivity index (χ2v) is 6.12. The summed E-state index contributed by atoms with van der Waals surface area (Å²) in [6.07, 6.45) is 0.837. The predicted octanol–water partition coefficient (Wildman–Crippen LogP) is 2.14. The summed E-state index contributed by atoms with van der Waals surface area (Å²) in [5.74, 6) is 0.781. The summed E-state index contributed by atoms with van der Waals surface area (Å²) < 4.78 is 0. The van der Waals surface area contributed by atoms with Gasteiger partial charge in [0.15, 0.2) is 0 Å². The highest BCUT2D eigenvalue weighted by Gasteiger charge is 2.21. The molecule has 1 fully saturated rings. The van der Waals surface area contributed by atoms with Gasteiger partial charge >= 0.3 is 0 Å². The van der Waals surface area contributed by atoms with Crippen molar-refractivity contribution in [3.8, 4) is 11.4 Å². The molecule has 4 rings (SSSR count). The Labute approximate surface area is 145 Å². The lowest BCUT2D eigenvalue weighted by molar-refractivity contribution is -0.119. The quantitative estimate of drug-likeness (QED) is 0.746. The molecule has 1 saturated heterocycles. The van der Waals surface area contributed by atoms with Gasteiger partial charge in [-0.2, -0.15) is 0 Å². The molecule has 1 aliphatic rings. The average molecular weight is 334 g/mol. The van der Waals surface area contributed by atoms with Crippen LogP contribution < -0.4 is 0 Å². The molecule has 6 nitrogen and oxygen atoms in total. The van der Waals surface area contributed by atoms with Crippen LogP contribution in [0.3, 0.4) is 0 Å². The molecule has 0 unspecified atom stereocenters. The number of aromatic nitrogens is 2. The standard InChI is InChI=1S/C19H18N4O2/c24-13-22-8-10-23(11-9-22)19(25)15-6-7-16-17(12-15)21-18(20-16)14-4-2-1-3-5-14/h1-7,12-13H,8-11H2,(H,20,21). The maximum absolute atomic E-state index is 12.7. The molecule has 3 aromatic rings. The van der Waals surface area contributed by atoms with Crippen LogP contribution in [0, 0.1) is 0 Å². The number of benzene rings is 2. The average Bonchev–Trinajstić information content (AvgIpc) is 3.11. The molecule has 25 heavy (non-hydrogen) atoms. The van der Waals surface area contributed by atoms with Crippen LogP contribution >= 0.6 is 0 Å². The van der Waals surface area contributed by atoms with Gasteiger partial charge in [0.2, 0.25) is 6.41 Å². The zero-order valence-electron chi connectivity index (χ0n) is 13.7. The fourth-order valence-electron chi connectivity index (χ4n) is 3.09. The van der Waals surface area contributed by atoms with E-state index in [9.17, 15) is 9.59 Å². The molecule has 0 radical (unpaired) electrons. The number of amides is 2. The van der Waals surface area contributed by atoms with Gasteiger partial charge < -0.3 is 14.8 Å². The summed E-state index contributed by atoms with van der Waals surface area (Å²) in [7, 11) is 0. The third-order valence-corrected chi connectivity index (χ3v) is 4.53. The van der Waals surface area contributed by atoms with E-state index in [4.69, 9.17) is 0 Å². The van der Waals surface area contributed by atoms with Gasteiger partial charge in [-0.25, -0.2) is 4.98 Å². The molecule has 0 spiro atoms. The van der Waals surface area contributed by atoms with E-state index in [0.717, 1.165) is 28.8 Å². The second-order valence-electron chi connectivity index (χ2n) is 6.12. The van der Waals surface area contributed by atoms with Crippen LogP contribution in [0.5, 0.6) is 0 Å². The Balaban J connectivity index is 1.59. The number of imidazole rings is 1. The number of hydrogen-bond donors (Lipinski definition) is 1. The third kappa shape index (κ3) is 2.98. The lowest BCUT2D eigenvalue weighted by Gasteiger charge is -2.32. The Bertz CT molecular complexity index is 912. The van der Waals surface area contributed by atoms with Crippen LogP contribution in [0.25, 0.3) is 22.4 Å². The Hall–Kier alpha value is -3.15. The lowest BCUT2D eigenvalue weighted by atomic mass is 10.1. The van der Waals surface area contributed by atoms with E-state index in [1.54, 1.807) is 9.80 Å². The van der Waals surface area contributed by atoms with Crippen molar-refractivity contribution in [2.24, 2.45) is 0 Å². The Kier molecular flexibility index (Phi) is 3.93. The van der Waals surface area contributed by atoms with Crippen molar-refractivity contribution in [1.82, 2.24) is 19.8 Å². The second kappa shape index (κ2) is 6.39. The number of hydrogen-bond acceptors (Lipinski definition) is 3. The number of carbonyl (C=O) groups excluding carboxylic acids is 2. The van der Waals surface area contributed by atoms with Crippen molar-refractivity contribution in [3.05, 3.63) is 54.1 Å². The molecule has 2 heterocycles. The van der Waals surface area contributed by atoms with Crippen molar-refractivity contribution in [2.75, 3.05) is 26.2 Å². The van der Waals surface area contributed by atoms with Crippen LogP contribution in [0.1, 0.15) is 10.4 Å². The Morgan fingerprint density at radius 3 is 2.52 bits per heavy atom. The Morgan fingerprint density at radius 1 is 1.04 bits per heavy atom. The molecular formula is C19H18N4O2. The molecule has 1 aliphatic heterocycles. The number of carbonyl (C=O) groups is 2. The maximum Gasteiger partial charge on any atom is 0.254 e. The number of H-pyrrole nitrogens is 1. The van der Waals surface area contributed by atoms with Crippen LogP contribution in [0.4, 0.5) is 0 Å². The molecule has 0 bridgehead atoms. The number of rotatable bonds is 3. The smallest absolute Gasteiger partial charge is 0.254 e. The molecule has 0 atom stereocenters. The van der Waals surface area contributed by atoms with Crippen molar-refractivity contribution in [2.45, 2.75) is 0 Å². The van der Waals surface area contributed by atoms with Gasteiger partial charge in [0.05, 0.1) is 11.0 Å². The fourth-order valence-corrected chi connectivity index (χ4v) is 3.09. The lowest BCUT2D eigenvalue weighted by Crippen LogP contribution is -2.48. The maximum atomic E-state index is 12.7. The monoisotopic (exact) mass is 334 g/mol. The van der Waals surface area contributed by atoms with Crippen molar-refractivity contribution >= 4 is 23.4 Å². The van der Waals surface area contributed by atoms with Crippen LogP contribution in [0.2, 0.25) is 0 Å². The predicted molar refractivity (Wildman–Crippen MR) is 95.1 cm³/mol. The number of piperazine rings is 1. The van der Waals surface area contributed by atoms with E-state index in [-0.39, 0.29) is 5.91 Å². The number of nitrogens with one attached hydrogen (secondary N) is 1. The first-order valence-electron chi connectivity index (χ1n) is 8.28.